The van der Waals surface area contributed by atoms with Gasteiger partial charge in [-0.05, 0) is 48.1 Å². The first-order chi connectivity index (χ1) is 9.02. The van der Waals surface area contributed by atoms with Gasteiger partial charge in [-0.25, -0.2) is 0 Å². The van der Waals surface area contributed by atoms with Crippen molar-refractivity contribution in [3.05, 3.63) is 49.1 Å². The molecule has 1 unspecified atom stereocenters. The second kappa shape index (κ2) is 6.27. The molecule has 0 saturated carbocycles. The molecule has 0 aliphatic heterocycles. The summed E-state index contributed by atoms with van der Waals surface area (Å²) in [4.78, 5) is 1.04. The molecule has 0 aliphatic rings. The first-order valence-corrected chi connectivity index (χ1v) is 7.89. The molecular formula is C14H15BrClNOS. The molecular weight excluding hydrogens is 346 g/mol. The Morgan fingerprint density at radius 2 is 2.21 bits per heavy atom. The molecule has 0 fully saturated rings. The van der Waals surface area contributed by atoms with E-state index in [1.807, 2.05) is 30.5 Å². The third-order valence-electron chi connectivity index (χ3n) is 2.95. The maximum absolute atomic E-state index is 6.27. The highest BCUT2D eigenvalue weighted by molar-refractivity contribution is 9.10. The number of hydrogen-bond acceptors (Lipinski definition) is 3. The summed E-state index contributed by atoms with van der Waals surface area (Å²) >= 11 is 11.4. The lowest BCUT2D eigenvalue weighted by Crippen LogP contribution is -2.12. The highest BCUT2D eigenvalue weighted by atomic mass is 79.9. The van der Waals surface area contributed by atoms with Gasteiger partial charge in [0, 0.05) is 15.4 Å². The zero-order valence-corrected chi connectivity index (χ0v) is 13.9. The molecule has 0 amide bonds. The molecule has 2 rings (SSSR count). The number of nitrogens with two attached hydrogens (primary N) is 1. The monoisotopic (exact) mass is 359 g/mol. The fourth-order valence-electron chi connectivity index (χ4n) is 1.86. The number of thiophene rings is 1. The van der Waals surface area contributed by atoms with Crippen LogP contribution in [-0.4, -0.2) is 7.11 Å². The molecule has 1 aromatic carbocycles. The molecule has 102 valence electrons. The van der Waals surface area contributed by atoms with Crippen molar-refractivity contribution in [3.63, 3.8) is 0 Å². The normalized spacial score (nSPS) is 12.5. The Bertz CT molecular complexity index is 585. The van der Waals surface area contributed by atoms with Crippen LogP contribution in [0.1, 0.15) is 22.0 Å². The predicted octanol–water partition coefficient (Wildman–Crippen LogP) is 4.72. The summed E-state index contributed by atoms with van der Waals surface area (Å²) < 4.78 is 6.28. The Morgan fingerprint density at radius 1 is 1.47 bits per heavy atom. The van der Waals surface area contributed by atoms with Crippen molar-refractivity contribution >= 4 is 38.9 Å². The largest absolute Gasteiger partial charge is 0.497 e. The third-order valence-corrected chi connectivity index (χ3v) is 5.57. The summed E-state index contributed by atoms with van der Waals surface area (Å²) in [5.41, 5.74) is 8.47. The Kier molecular flexibility index (Phi) is 4.90. The van der Waals surface area contributed by atoms with Gasteiger partial charge in [-0.2, -0.15) is 0 Å². The average Bonchev–Trinajstić information content (AvgIpc) is 2.73. The van der Waals surface area contributed by atoms with Crippen LogP contribution in [0, 0.1) is 6.92 Å². The van der Waals surface area contributed by atoms with E-state index < -0.39 is 0 Å². The van der Waals surface area contributed by atoms with Crippen LogP contribution in [0.25, 0.3) is 0 Å². The van der Waals surface area contributed by atoms with Gasteiger partial charge in [0.2, 0.25) is 0 Å². The first-order valence-electron chi connectivity index (χ1n) is 5.84. The minimum Gasteiger partial charge on any atom is -0.497 e. The van der Waals surface area contributed by atoms with Gasteiger partial charge in [0.1, 0.15) is 5.75 Å². The van der Waals surface area contributed by atoms with Crippen LogP contribution >= 0.6 is 38.9 Å². The SMILES string of the molecule is COc1ccc(Br)c(CC(N)c2scc(C)c2Cl)c1. The molecule has 1 aromatic heterocycles. The van der Waals surface area contributed by atoms with Crippen LogP contribution < -0.4 is 10.5 Å². The Morgan fingerprint density at radius 3 is 2.79 bits per heavy atom. The third kappa shape index (κ3) is 3.31. The van der Waals surface area contributed by atoms with E-state index in [2.05, 4.69) is 15.9 Å². The Labute approximate surface area is 130 Å². The van der Waals surface area contributed by atoms with Crippen molar-refractivity contribution in [3.8, 4) is 5.75 Å². The van der Waals surface area contributed by atoms with Crippen molar-refractivity contribution in [2.75, 3.05) is 7.11 Å². The highest BCUT2D eigenvalue weighted by Crippen LogP contribution is 2.34. The first kappa shape index (κ1) is 14.9. The number of methoxy groups -OCH3 is 1. The van der Waals surface area contributed by atoms with Gasteiger partial charge in [-0.15, -0.1) is 11.3 Å². The molecule has 0 spiro atoms. The molecule has 2 nitrogen and oxygen atoms in total. The van der Waals surface area contributed by atoms with E-state index in [-0.39, 0.29) is 6.04 Å². The molecule has 0 saturated heterocycles. The minimum atomic E-state index is -0.102. The average molecular weight is 361 g/mol. The van der Waals surface area contributed by atoms with Crippen LogP contribution in [0.15, 0.2) is 28.1 Å². The van der Waals surface area contributed by atoms with E-state index in [9.17, 15) is 0 Å². The summed E-state index contributed by atoms with van der Waals surface area (Å²) in [6.07, 6.45) is 0.720. The van der Waals surface area contributed by atoms with E-state index in [1.54, 1.807) is 18.4 Å². The summed E-state index contributed by atoms with van der Waals surface area (Å²) in [6, 6.07) is 5.79. The Balaban J connectivity index is 2.23. The predicted molar refractivity (Wildman–Crippen MR) is 85.4 cm³/mol. The van der Waals surface area contributed by atoms with Gasteiger partial charge in [0.05, 0.1) is 12.1 Å². The maximum Gasteiger partial charge on any atom is 0.119 e. The van der Waals surface area contributed by atoms with Crippen LogP contribution in [0.5, 0.6) is 5.75 Å². The second-order valence-electron chi connectivity index (χ2n) is 4.36. The van der Waals surface area contributed by atoms with Gasteiger partial charge >= 0.3 is 0 Å². The van der Waals surface area contributed by atoms with E-state index in [4.69, 9.17) is 22.1 Å². The van der Waals surface area contributed by atoms with E-state index in [1.165, 1.54) is 0 Å². The molecule has 1 heterocycles. The van der Waals surface area contributed by atoms with Crippen molar-refractivity contribution in [2.24, 2.45) is 5.73 Å². The van der Waals surface area contributed by atoms with E-state index >= 15 is 0 Å². The van der Waals surface area contributed by atoms with Crippen LogP contribution in [0.2, 0.25) is 5.02 Å². The van der Waals surface area contributed by atoms with E-state index in [0.29, 0.717) is 0 Å². The molecule has 1 atom stereocenters. The van der Waals surface area contributed by atoms with E-state index in [0.717, 1.165) is 37.7 Å². The lowest BCUT2D eigenvalue weighted by Gasteiger charge is -2.13. The Hall–Kier alpha value is -0.550. The van der Waals surface area contributed by atoms with Crippen molar-refractivity contribution in [1.82, 2.24) is 0 Å². The molecule has 5 heteroatoms. The topological polar surface area (TPSA) is 35.2 Å². The van der Waals surface area contributed by atoms with Crippen LogP contribution in [0.3, 0.4) is 0 Å². The molecule has 19 heavy (non-hydrogen) atoms. The van der Waals surface area contributed by atoms with Gasteiger partial charge in [0.15, 0.2) is 0 Å². The second-order valence-corrected chi connectivity index (χ2v) is 6.51. The van der Waals surface area contributed by atoms with Crippen molar-refractivity contribution in [1.29, 1.82) is 0 Å². The van der Waals surface area contributed by atoms with Gasteiger partial charge in [-0.1, -0.05) is 27.5 Å². The number of halogens is 2. The summed E-state index contributed by atoms with van der Waals surface area (Å²) in [5.74, 6) is 0.832. The zero-order chi connectivity index (χ0) is 14.0. The lowest BCUT2D eigenvalue weighted by atomic mass is 10.0. The number of hydrogen-bond donors (Lipinski definition) is 1. The maximum atomic E-state index is 6.27. The van der Waals surface area contributed by atoms with Gasteiger partial charge in [-0.3, -0.25) is 0 Å². The number of benzene rings is 1. The van der Waals surface area contributed by atoms with Crippen molar-refractivity contribution < 1.29 is 4.74 Å². The smallest absolute Gasteiger partial charge is 0.119 e. The standard InChI is InChI=1S/C14H15BrClNOS/c1-8-7-19-14(13(8)16)12(17)6-9-5-10(18-2)3-4-11(9)15/h3-5,7,12H,6,17H2,1-2H3. The number of rotatable bonds is 4. The summed E-state index contributed by atoms with van der Waals surface area (Å²) in [5, 5.41) is 2.83. The molecule has 0 bridgehead atoms. The summed E-state index contributed by atoms with van der Waals surface area (Å²) in [7, 11) is 1.66. The molecule has 0 radical (unpaired) electrons. The highest BCUT2D eigenvalue weighted by Gasteiger charge is 2.16. The quantitative estimate of drug-likeness (QED) is 0.856. The van der Waals surface area contributed by atoms with Gasteiger partial charge < -0.3 is 10.5 Å². The molecule has 0 aliphatic carbocycles. The number of ether oxygens (including phenoxy) is 1. The van der Waals surface area contributed by atoms with Gasteiger partial charge in [0.25, 0.3) is 0 Å². The fourth-order valence-corrected chi connectivity index (χ4v) is 3.61. The van der Waals surface area contributed by atoms with Crippen LogP contribution in [-0.2, 0) is 6.42 Å². The minimum absolute atomic E-state index is 0.102. The van der Waals surface area contributed by atoms with Crippen molar-refractivity contribution in [2.45, 2.75) is 19.4 Å². The number of aryl methyl sites for hydroxylation is 1. The lowest BCUT2D eigenvalue weighted by molar-refractivity contribution is 0.414. The summed E-state index contributed by atoms with van der Waals surface area (Å²) in [6.45, 7) is 2.00. The fraction of sp³-hybridized carbons (Fsp3) is 0.286. The molecule has 2 aromatic rings. The molecule has 2 N–H and O–H groups in total. The zero-order valence-electron chi connectivity index (χ0n) is 10.7. The van der Waals surface area contributed by atoms with Crippen LogP contribution in [0.4, 0.5) is 0 Å².